The van der Waals surface area contributed by atoms with E-state index in [4.69, 9.17) is 0 Å². The van der Waals surface area contributed by atoms with Crippen LogP contribution in [0.1, 0.15) is 109 Å². The van der Waals surface area contributed by atoms with Crippen LogP contribution in [-0.2, 0) is 0 Å². The summed E-state index contributed by atoms with van der Waals surface area (Å²) in [4.78, 5) is 0. The van der Waals surface area contributed by atoms with Gasteiger partial charge < -0.3 is 0 Å². The van der Waals surface area contributed by atoms with Crippen LogP contribution in [0.4, 0.5) is 0 Å². The van der Waals surface area contributed by atoms with Gasteiger partial charge in [0, 0.05) is 0 Å². The molecule has 0 bridgehead atoms. The Labute approximate surface area is 133 Å². The van der Waals surface area contributed by atoms with E-state index in [1.807, 2.05) is 0 Å². The summed E-state index contributed by atoms with van der Waals surface area (Å²) in [6.07, 6.45) is 3.88. The Morgan fingerprint density at radius 1 is 0.650 bits per heavy atom. The summed E-state index contributed by atoms with van der Waals surface area (Å²) in [5.41, 5.74) is 0.522. The van der Waals surface area contributed by atoms with Crippen LogP contribution in [0.25, 0.3) is 0 Å². The third-order valence-electron chi connectivity index (χ3n) is 1.84. The first kappa shape index (κ1) is 28.2. The predicted octanol–water partition coefficient (Wildman–Crippen LogP) is 8.21. The minimum atomic E-state index is 0.522. The van der Waals surface area contributed by atoms with E-state index >= 15 is 0 Å². The summed E-state index contributed by atoms with van der Waals surface area (Å²) in [5.74, 6) is 2.56. The molecule has 0 aromatic carbocycles. The van der Waals surface area contributed by atoms with Gasteiger partial charge in [-0.15, -0.1) is 0 Å². The van der Waals surface area contributed by atoms with Gasteiger partial charge in [-0.3, -0.25) is 0 Å². The third-order valence-corrected chi connectivity index (χ3v) is 1.84. The van der Waals surface area contributed by atoms with Crippen molar-refractivity contribution in [2.24, 2.45) is 23.2 Å². The highest BCUT2D eigenvalue weighted by atomic mass is 14.2. The SMILES string of the molecule is CC(C)C.CC(C)CC(C)(C)C.CCC.CCC(C)C. The molecule has 0 aromatic heterocycles. The lowest BCUT2D eigenvalue weighted by Gasteiger charge is -2.19. The van der Waals surface area contributed by atoms with Crippen molar-refractivity contribution in [2.75, 3.05) is 0 Å². The van der Waals surface area contributed by atoms with Crippen LogP contribution in [0.2, 0.25) is 0 Å². The van der Waals surface area contributed by atoms with Crippen LogP contribution >= 0.6 is 0 Å². The first-order valence-electron chi connectivity index (χ1n) is 8.83. The molecule has 0 aliphatic rings. The van der Waals surface area contributed by atoms with Gasteiger partial charge in [0.2, 0.25) is 0 Å². The first-order chi connectivity index (χ1) is 8.83. The standard InChI is InChI=1S/C8H18.C5H12.C4H10.C3H8/c1-7(2)6-8(3,4)5;1-4-5(2)3;1-4(2)3;1-3-2/h7H,6H2,1-5H3;5H,4H2,1-3H3;4H,1-3H3;3H2,1-2H3. The van der Waals surface area contributed by atoms with Crippen molar-refractivity contribution in [3.8, 4) is 0 Å². The summed E-state index contributed by atoms with van der Waals surface area (Å²) in [5, 5.41) is 0. The molecule has 0 aromatic rings. The molecule has 128 valence electrons. The second-order valence-corrected chi connectivity index (χ2v) is 8.40. The number of hydrogen-bond donors (Lipinski definition) is 0. The van der Waals surface area contributed by atoms with Crippen LogP contribution in [0, 0.1) is 23.2 Å². The van der Waals surface area contributed by atoms with Crippen molar-refractivity contribution in [1.82, 2.24) is 0 Å². The average Bonchev–Trinajstić information content (AvgIpc) is 2.14. The first-order valence-corrected chi connectivity index (χ1v) is 8.83. The molecule has 0 fully saturated rings. The van der Waals surface area contributed by atoms with E-state index in [9.17, 15) is 0 Å². The van der Waals surface area contributed by atoms with E-state index < -0.39 is 0 Å². The van der Waals surface area contributed by atoms with Gasteiger partial charge in [-0.05, 0) is 29.6 Å². The molecular weight excluding hydrogens is 240 g/mol. The van der Waals surface area contributed by atoms with Gasteiger partial charge in [-0.1, -0.05) is 103 Å². The molecule has 0 amide bonds. The monoisotopic (exact) mass is 288 g/mol. The molecule has 0 saturated carbocycles. The molecular formula is C20H48. The van der Waals surface area contributed by atoms with Gasteiger partial charge in [0.1, 0.15) is 0 Å². The van der Waals surface area contributed by atoms with E-state index in [1.54, 1.807) is 0 Å². The molecule has 0 atom stereocenters. The van der Waals surface area contributed by atoms with E-state index in [0.29, 0.717) is 5.41 Å². The van der Waals surface area contributed by atoms with E-state index in [1.165, 1.54) is 19.3 Å². The lowest BCUT2D eigenvalue weighted by atomic mass is 9.86. The summed E-state index contributed by atoms with van der Waals surface area (Å²) in [6, 6.07) is 0. The molecule has 0 N–H and O–H groups in total. The topological polar surface area (TPSA) is 0 Å². The second-order valence-electron chi connectivity index (χ2n) is 8.40. The fourth-order valence-corrected chi connectivity index (χ4v) is 1.22. The maximum Gasteiger partial charge on any atom is -0.0380 e. The molecule has 0 heterocycles. The average molecular weight is 289 g/mol. The van der Waals surface area contributed by atoms with E-state index in [-0.39, 0.29) is 0 Å². The Hall–Kier alpha value is 0. The van der Waals surface area contributed by atoms with Crippen LogP contribution < -0.4 is 0 Å². The number of rotatable bonds is 2. The van der Waals surface area contributed by atoms with Crippen molar-refractivity contribution in [1.29, 1.82) is 0 Å². The Morgan fingerprint density at radius 3 is 0.850 bits per heavy atom. The van der Waals surface area contributed by atoms with Gasteiger partial charge in [0.25, 0.3) is 0 Å². The Bertz CT molecular complexity index is 132. The fourth-order valence-electron chi connectivity index (χ4n) is 1.22. The lowest BCUT2D eigenvalue weighted by Crippen LogP contribution is -2.08. The Balaban J connectivity index is -0.0000000924. The predicted molar refractivity (Wildman–Crippen MR) is 101 cm³/mol. The zero-order valence-electron chi connectivity index (χ0n) is 17.4. The van der Waals surface area contributed by atoms with Gasteiger partial charge in [-0.2, -0.15) is 0 Å². The molecule has 0 saturated heterocycles. The quantitative estimate of drug-likeness (QED) is 0.480. The Morgan fingerprint density at radius 2 is 0.850 bits per heavy atom. The van der Waals surface area contributed by atoms with E-state index in [0.717, 1.165) is 17.8 Å². The third kappa shape index (κ3) is 106. The van der Waals surface area contributed by atoms with Gasteiger partial charge in [0.15, 0.2) is 0 Å². The summed E-state index contributed by atoms with van der Waals surface area (Å²) >= 11 is 0. The minimum Gasteiger partial charge on any atom is -0.0656 e. The van der Waals surface area contributed by atoms with Crippen molar-refractivity contribution >= 4 is 0 Å². The van der Waals surface area contributed by atoms with Gasteiger partial charge in [-0.25, -0.2) is 0 Å². The highest BCUT2D eigenvalue weighted by Crippen LogP contribution is 2.23. The smallest absolute Gasteiger partial charge is 0.0380 e. The summed E-state index contributed by atoms with van der Waals surface area (Å²) in [6.45, 7) is 28.8. The molecule has 0 radical (unpaired) electrons. The van der Waals surface area contributed by atoms with Crippen LogP contribution in [-0.4, -0.2) is 0 Å². The Kier molecular flexibility index (Phi) is 26.8. The van der Waals surface area contributed by atoms with E-state index in [2.05, 4.69) is 90.0 Å². The molecule has 0 rings (SSSR count). The highest BCUT2D eigenvalue weighted by Gasteiger charge is 2.11. The van der Waals surface area contributed by atoms with Crippen molar-refractivity contribution in [3.05, 3.63) is 0 Å². The molecule has 0 unspecified atom stereocenters. The van der Waals surface area contributed by atoms with Crippen molar-refractivity contribution < 1.29 is 0 Å². The maximum atomic E-state index is 2.28. The summed E-state index contributed by atoms with van der Waals surface area (Å²) in [7, 11) is 0. The van der Waals surface area contributed by atoms with Crippen LogP contribution in [0.5, 0.6) is 0 Å². The van der Waals surface area contributed by atoms with Gasteiger partial charge in [0.05, 0.1) is 0 Å². The fraction of sp³-hybridized carbons (Fsp3) is 1.00. The van der Waals surface area contributed by atoms with Crippen molar-refractivity contribution in [3.63, 3.8) is 0 Å². The highest BCUT2D eigenvalue weighted by molar-refractivity contribution is 4.62. The normalized spacial score (nSPS) is 10.2. The van der Waals surface area contributed by atoms with Crippen LogP contribution in [0.3, 0.4) is 0 Å². The zero-order chi connectivity index (χ0) is 17.4. The molecule has 20 heavy (non-hydrogen) atoms. The maximum absolute atomic E-state index is 2.28. The molecule has 0 aliphatic heterocycles. The molecule has 0 nitrogen and oxygen atoms in total. The number of hydrogen-bond acceptors (Lipinski definition) is 0. The minimum absolute atomic E-state index is 0.522. The summed E-state index contributed by atoms with van der Waals surface area (Å²) < 4.78 is 0. The molecule has 0 aliphatic carbocycles. The van der Waals surface area contributed by atoms with Gasteiger partial charge >= 0.3 is 0 Å². The zero-order valence-corrected chi connectivity index (χ0v) is 17.4. The molecule has 0 heteroatoms. The van der Waals surface area contributed by atoms with Crippen LogP contribution in [0.15, 0.2) is 0 Å². The second kappa shape index (κ2) is 19.0. The largest absolute Gasteiger partial charge is 0.0656 e. The molecule has 0 spiro atoms. The lowest BCUT2D eigenvalue weighted by molar-refractivity contribution is 0.320. The van der Waals surface area contributed by atoms with Crippen molar-refractivity contribution in [2.45, 2.75) is 109 Å².